The Morgan fingerprint density at radius 1 is 1.28 bits per heavy atom. The van der Waals surface area contributed by atoms with E-state index < -0.39 is 11.7 Å². The molecule has 0 N–H and O–H groups in total. The second-order valence-electron chi connectivity index (χ2n) is 5.06. The van der Waals surface area contributed by atoms with Crippen molar-refractivity contribution in [2.75, 3.05) is 0 Å². The van der Waals surface area contributed by atoms with Crippen molar-refractivity contribution in [2.45, 2.75) is 26.4 Å². The van der Waals surface area contributed by atoms with Gasteiger partial charge in [0.15, 0.2) is 6.29 Å². The molecule has 0 aliphatic rings. The van der Waals surface area contributed by atoms with E-state index in [1.807, 2.05) is 18.2 Å². The van der Waals surface area contributed by atoms with Gasteiger partial charge in [-0.3, -0.25) is 4.79 Å². The summed E-state index contributed by atoms with van der Waals surface area (Å²) in [5, 5.41) is 0.838. The first-order chi connectivity index (χ1) is 8.42. The first kappa shape index (κ1) is 12.4. The zero-order valence-corrected chi connectivity index (χ0v) is 10.6. The molecule has 0 aliphatic carbocycles. The molecule has 1 aromatic carbocycles. The average molecular weight is 245 g/mol. The summed E-state index contributed by atoms with van der Waals surface area (Å²) in [6.45, 7) is 5.37. The Morgan fingerprint density at radius 2 is 1.94 bits per heavy atom. The number of aldehydes is 1. The van der Waals surface area contributed by atoms with Crippen LogP contribution in [0.25, 0.3) is 10.9 Å². The van der Waals surface area contributed by atoms with Crippen LogP contribution in [0.4, 0.5) is 4.79 Å². The number of aromatic nitrogens is 1. The van der Waals surface area contributed by atoms with E-state index in [2.05, 4.69) is 0 Å². The lowest BCUT2D eigenvalue weighted by Crippen LogP contribution is -2.27. The lowest BCUT2D eigenvalue weighted by Gasteiger charge is -2.20. The Hall–Kier alpha value is -2.10. The van der Waals surface area contributed by atoms with Crippen molar-refractivity contribution in [1.82, 2.24) is 4.57 Å². The molecule has 94 valence electrons. The predicted octanol–water partition coefficient (Wildman–Crippen LogP) is 3.24. The zero-order valence-electron chi connectivity index (χ0n) is 10.6. The monoisotopic (exact) mass is 245 g/mol. The van der Waals surface area contributed by atoms with Crippen LogP contribution in [0.15, 0.2) is 30.3 Å². The van der Waals surface area contributed by atoms with Gasteiger partial charge < -0.3 is 4.74 Å². The van der Waals surface area contributed by atoms with Crippen LogP contribution in [0, 0.1) is 0 Å². The summed E-state index contributed by atoms with van der Waals surface area (Å²) < 4.78 is 6.60. The highest BCUT2D eigenvalue weighted by Crippen LogP contribution is 2.20. The molecular weight excluding hydrogens is 230 g/mol. The van der Waals surface area contributed by atoms with Gasteiger partial charge in [-0.2, -0.15) is 0 Å². The molecule has 0 amide bonds. The molecule has 0 bridgehead atoms. The molecule has 0 spiro atoms. The van der Waals surface area contributed by atoms with Crippen molar-refractivity contribution in [3.05, 3.63) is 36.0 Å². The van der Waals surface area contributed by atoms with Crippen LogP contribution in [-0.2, 0) is 4.74 Å². The Morgan fingerprint density at radius 3 is 2.56 bits per heavy atom. The summed E-state index contributed by atoms with van der Waals surface area (Å²) in [6.07, 6.45) is 0.120. The van der Waals surface area contributed by atoms with E-state index in [0.29, 0.717) is 17.5 Å². The van der Waals surface area contributed by atoms with Gasteiger partial charge in [-0.25, -0.2) is 9.36 Å². The minimum absolute atomic E-state index is 0.297. The van der Waals surface area contributed by atoms with Crippen molar-refractivity contribution < 1.29 is 14.3 Å². The van der Waals surface area contributed by atoms with Crippen LogP contribution in [0.2, 0.25) is 0 Å². The number of benzene rings is 1. The molecule has 18 heavy (non-hydrogen) atoms. The topological polar surface area (TPSA) is 48.3 Å². The third kappa shape index (κ3) is 2.27. The Labute approximate surface area is 105 Å². The van der Waals surface area contributed by atoms with E-state index in [0.717, 1.165) is 5.39 Å². The standard InChI is InChI=1S/C14H15NO3/c1-14(2,3)18-13(17)15-11(9-16)8-10-6-4-5-7-12(10)15/h4-9H,1-3H3. The smallest absolute Gasteiger partial charge is 0.419 e. The lowest BCUT2D eigenvalue weighted by atomic mass is 10.2. The van der Waals surface area contributed by atoms with Gasteiger partial charge in [-0.15, -0.1) is 0 Å². The summed E-state index contributed by atoms with van der Waals surface area (Å²) in [7, 11) is 0. The average Bonchev–Trinajstić information content (AvgIpc) is 2.64. The number of fused-ring (bicyclic) bond motifs is 1. The predicted molar refractivity (Wildman–Crippen MR) is 69.0 cm³/mol. The summed E-state index contributed by atoms with van der Waals surface area (Å²) in [5.74, 6) is 0. The molecule has 0 fully saturated rings. The zero-order chi connectivity index (χ0) is 13.3. The minimum Gasteiger partial charge on any atom is -0.443 e. The molecule has 0 saturated carbocycles. The fourth-order valence-corrected chi connectivity index (χ4v) is 1.77. The van der Waals surface area contributed by atoms with Crippen molar-refractivity contribution in [3.8, 4) is 0 Å². The highest BCUT2D eigenvalue weighted by Gasteiger charge is 2.21. The van der Waals surface area contributed by atoms with Crippen LogP contribution in [0.3, 0.4) is 0 Å². The number of carbonyl (C=O) groups excluding carboxylic acids is 2. The minimum atomic E-state index is -0.595. The van der Waals surface area contributed by atoms with Gasteiger partial charge in [-0.05, 0) is 32.9 Å². The highest BCUT2D eigenvalue weighted by molar-refractivity contribution is 5.97. The Bertz CT molecular complexity index is 605. The van der Waals surface area contributed by atoms with Gasteiger partial charge >= 0.3 is 6.09 Å². The van der Waals surface area contributed by atoms with Crippen LogP contribution >= 0.6 is 0 Å². The fourth-order valence-electron chi connectivity index (χ4n) is 1.77. The molecule has 1 heterocycles. The molecule has 0 saturated heterocycles. The molecule has 0 aliphatic heterocycles. The van der Waals surface area contributed by atoms with Gasteiger partial charge in [0.2, 0.25) is 0 Å². The van der Waals surface area contributed by atoms with Gasteiger partial charge in [-0.1, -0.05) is 18.2 Å². The summed E-state index contributed by atoms with van der Waals surface area (Å²) in [4.78, 5) is 23.1. The second-order valence-corrected chi connectivity index (χ2v) is 5.06. The SMILES string of the molecule is CC(C)(C)OC(=O)n1c(C=O)cc2ccccc21. The quantitative estimate of drug-likeness (QED) is 0.725. The molecule has 0 unspecified atom stereocenters. The van der Waals surface area contributed by atoms with Gasteiger partial charge in [0.05, 0.1) is 11.2 Å². The van der Waals surface area contributed by atoms with E-state index in [9.17, 15) is 9.59 Å². The Balaban J connectivity index is 2.55. The van der Waals surface area contributed by atoms with Crippen molar-refractivity contribution in [1.29, 1.82) is 0 Å². The Kier molecular flexibility index (Phi) is 2.95. The van der Waals surface area contributed by atoms with Crippen molar-refractivity contribution in [2.24, 2.45) is 0 Å². The molecule has 0 radical (unpaired) electrons. The van der Waals surface area contributed by atoms with E-state index in [-0.39, 0.29) is 0 Å². The van der Waals surface area contributed by atoms with Crippen molar-refractivity contribution >= 4 is 23.3 Å². The first-order valence-corrected chi connectivity index (χ1v) is 5.71. The number of hydrogen-bond acceptors (Lipinski definition) is 3. The number of carbonyl (C=O) groups is 2. The molecule has 2 aromatic rings. The number of rotatable bonds is 1. The van der Waals surface area contributed by atoms with E-state index in [1.165, 1.54) is 4.57 Å². The maximum atomic E-state index is 12.1. The number of ether oxygens (including phenoxy) is 1. The van der Waals surface area contributed by atoms with Gasteiger partial charge in [0, 0.05) is 5.39 Å². The van der Waals surface area contributed by atoms with E-state index in [4.69, 9.17) is 4.74 Å². The molecule has 4 nitrogen and oxygen atoms in total. The number of nitrogens with zero attached hydrogens (tertiary/aromatic N) is 1. The van der Waals surface area contributed by atoms with E-state index >= 15 is 0 Å². The third-order valence-electron chi connectivity index (χ3n) is 2.44. The molecular formula is C14H15NO3. The number of para-hydroxylation sites is 1. The molecule has 1 aromatic heterocycles. The summed E-state index contributed by atoms with van der Waals surface area (Å²) in [6, 6.07) is 8.98. The van der Waals surface area contributed by atoms with Crippen molar-refractivity contribution in [3.63, 3.8) is 0 Å². The van der Waals surface area contributed by atoms with Crippen LogP contribution in [-0.4, -0.2) is 22.5 Å². The maximum absolute atomic E-state index is 12.1. The van der Waals surface area contributed by atoms with Crippen LogP contribution in [0.5, 0.6) is 0 Å². The summed E-state index contributed by atoms with van der Waals surface area (Å²) in [5.41, 5.74) is 0.377. The lowest BCUT2D eigenvalue weighted by molar-refractivity contribution is 0.0538. The first-order valence-electron chi connectivity index (χ1n) is 5.71. The highest BCUT2D eigenvalue weighted by atomic mass is 16.6. The number of hydrogen-bond donors (Lipinski definition) is 0. The van der Waals surface area contributed by atoms with Crippen LogP contribution in [0.1, 0.15) is 31.3 Å². The molecule has 2 rings (SSSR count). The summed E-state index contributed by atoms with van der Waals surface area (Å²) >= 11 is 0. The van der Waals surface area contributed by atoms with Crippen LogP contribution < -0.4 is 0 Å². The van der Waals surface area contributed by atoms with Gasteiger partial charge in [0.1, 0.15) is 5.60 Å². The van der Waals surface area contributed by atoms with E-state index in [1.54, 1.807) is 32.9 Å². The van der Waals surface area contributed by atoms with Gasteiger partial charge in [0.25, 0.3) is 0 Å². The second kappa shape index (κ2) is 4.29. The molecule has 4 heteroatoms. The fraction of sp³-hybridized carbons (Fsp3) is 0.286. The third-order valence-corrected chi connectivity index (χ3v) is 2.44. The maximum Gasteiger partial charge on any atom is 0.419 e. The molecule has 0 atom stereocenters. The largest absolute Gasteiger partial charge is 0.443 e. The normalized spacial score (nSPS) is 11.5.